The van der Waals surface area contributed by atoms with Crippen LogP contribution in [0.15, 0.2) is 32.9 Å². The van der Waals surface area contributed by atoms with Crippen LogP contribution < -0.4 is 15.8 Å². The molecule has 2 amide bonds. The number of aliphatic carboxylic acids is 1. The van der Waals surface area contributed by atoms with Gasteiger partial charge in [0.05, 0.1) is 12.6 Å². The highest BCUT2D eigenvalue weighted by atomic mass is 79.9. The molecule has 0 spiro atoms. The number of rotatable bonds is 7. The van der Waals surface area contributed by atoms with Crippen LogP contribution in [-0.2, 0) is 14.4 Å². The third kappa shape index (κ3) is 5.87. The van der Waals surface area contributed by atoms with Gasteiger partial charge in [-0.3, -0.25) is 14.4 Å². The van der Waals surface area contributed by atoms with Gasteiger partial charge in [0.25, 0.3) is 5.91 Å². The molecular formula is C14H13BrN4O5S. The standard InChI is InChI=1S/C14H13BrN4O5S/c15-8-1-2-9(24-6-11(16)20)7(3-8)5-17-19-14-18-13(23)10(25-14)4-12(21)22/h1-3,5,10H,4,6H2,(H2,16,20)(H,21,22)(H,18,19,23). The number of carboxylic acid groups (broad SMARTS) is 1. The molecule has 0 saturated carbocycles. The van der Waals surface area contributed by atoms with Gasteiger partial charge in [0.1, 0.15) is 11.0 Å². The number of halogens is 1. The average molecular weight is 429 g/mol. The van der Waals surface area contributed by atoms with Gasteiger partial charge in [-0.05, 0) is 18.2 Å². The van der Waals surface area contributed by atoms with Crippen molar-refractivity contribution in [1.29, 1.82) is 0 Å². The van der Waals surface area contributed by atoms with Gasteiger partial charge in [0.15, 0.2) is 11.8 Å². The summed E-state index contributed by atoms with van der Waals surface area (Å²) in [6, 6.07) is 5.06. The maximum Gasteiger partial charge on any atom is 0.305 e. The number of thioether (sulfide) groups is 1. The topological polar surface area (TPSA) is 143 Å². The van der Waals surface area contributed by atoms with Gasteiger partial charge in [-0.25, -0.2) is 0 Å². The van der Waals surface area contributed by atoms with Gasteiger partial charge in [0, 0.05) is 10.0 Å². The number of carbonyl (C=O) groups is 3. The summed E-state index contributed by atoms with van der Waals surface area (Å²) >= 11 is 4.31. The molecule has 4 N–H and O–H groups in total. The zero-order valence-corrected chi connectivity index (χ0v) is 15.0. The monoisotopic (exact) mass is 428 g/mol. The molecule has 9 nitrogen and oxygen atoms in total. The van der Waals surface area contributed by atoms with E-state index in [-0.39, 0.29) is 18.2 Å². The van der Waals surface area contributed by atoms with Gasteiger partial charge in [-0.15, -0.1) is 5.10 Å². The molecule has 25 heavy (non-hydrogen) atoms. The van der Waals surface area contributed by atoms with Crippen molar-refractivity contribution >= 4 is 56.9 Å². The minimum Gasteiger partial charge on any atom is -0.483 e. The lowest BCUT2D eigenvalue weighted by Gasteiger charge is -2.07. The van der Waals surface area contributed by atoms with Crippen molar-refractivity contribution in [3.05, 3.63) is 28.2 Å². The van der Waals surface area contributed by atoms with Crippen LogP contribution >= 0.6 is 27.7 Å². The minimum absolute atomic E-state index is 0.210. The summed E-state index contributed by atoms with van der Waals surface area (Å²) in [5.74, 6) is -1.71. The largest absolute Gasteiger partial charge is 0.483 e. The van der Waals surface area contributed by atoms with Crippen LogP contribution in [-0.4, -0.2) is 46.1 Å². The molecule has 1 saturated heterocycles. The molecule has 1 atom stereocenters. The first-order valence-corrected chi connectivity index (χ1v) is 8.53. The van der Waals surface area contributed by atoms with Crippen molar-refractivity contribution in [1.82, 2.24) is 5.32 Å². The molecular weight excluding hydrogens is 416 g/mol. The molecule has 1 aliphatic heterocycles. The lowest BCUT2D eigenvalue weighted by molar-refractivity contribution is -0.138. The molecule has 0 bridgehead atoms. The third-order valence-electron chi connectivity index (χ3n) is 2.82. The Hall–Kier alpha value is -2.40. The summed E-state index contributed by atoms with van der Waals surface area (Å²) in [5.41, 5.74) is 5.59. The summed E-state index contributed by atoms with van der Waals surface area (Å²) in [5, 5.41) is 18.4. The van der Waals surface area contributed by atoms with Gasteiger partial charge in [-0.2, -0.15) is 5.10 Å². The zero-order valence-electron chi connectivity index (χ0n) is 12.6. The van der Waals surface area contributed by atoms with E-state index in [9.17, 15) is 14.4 Å². The minimum atomic E-state index is -1.07. The summed E-state index contributed by atoms with van der Waals surface area (Å²) in [7, 11) is 0. The molecule has 1 aliphatic rings. The van der Waals surface area contributed by atoms with Crippen LogP contribution in [0.25, 0.3) is 0 Å². The zero-order chi connectivity index (χ0) is 18.4. The second-order valence-electron chi connectivity index (χ2n) is 4.78. The number of hydrogen-bond acceptors (Lipinski definition) is 7. The summed E-state index contributed by atoms with van der Waals surface area (Å²) in [4.78, 5) is 33.1. The van der Waals surface area contributed by atoms with E-state index in [4.69, 9.17) is 15.6 Å². The quantitative estimate of drug-likeness (QED) is 0.430. The Morgan fingerprint density at radius 2 is 2.24 bits per heavy atom. The van der Waals surface area contributed by atoms with Gasteiger partial charge in [0.2, 0.25) is 5.91 Å². The number of primary amides is 1. The van der Waals surface area contributed by atoms with Crippen LogP contribution in [0.5, 0.6) is 5.75 Å². The van der Waals surface area contributed by atoms with Crippen molar-refractivity contribution < 1.29 is 24.2 Å². The number of amides is 2. The Morgan fingerprint density at radius 1 is 1.48 bits per heavy atom. The van der Waals surface area contributed by atoms with Crippen LogP contribution in [0.4, 0.5) is 0 Å². The predicted molar refractivity (Wildman–Crippen MR) is 95.6 cm³/mol. The van der Waals surface area contributed by atoms with E-state index in [1.807, 2.05) is 0 Å². The molecule has 0 aromatic heterocycles. The summed E-state index contributed by atoms with van der Waals surface area (Å²) < 4.78 is 6.04. The van der Waals surface area contributed by atoms with Crippen LogP contribution in [0.2, 0.25) is 0 Å². The second-order valence-corrected chi connectivity index (χ2v) is 6.89. The van der Waals surface area contributed by atoms with E-state index in [0.29, 0.717) is 11.3 Å². The first kappa shape index (κ1) is 18.9. The second kappa shape index (κ2) is 8.62. The number of nitrogens with one attached hydrogen (secondary N) is 1. The normalized spacial score (nSPS) is 18.5. The van der Waals surface area contributed by atoms with Crippen LogP contribution in [0.1, 0.15) is 12.0 Å². The smallest absolute Gasteiger partial charge is 0.305 e. The number of benzene rings is 1. The number of amidine groups is 1. The van der Waals surface area contributed by atoms with E-state index < -0.39 is 23.0 Å². The Kier molecular flexibility index (Phi) is 6.53. The van der Waals surface area contributed by atoms with E-state index in [0.717, 1.165) is 16.2 Å². The van der Waals surface area contributed by atoms with E-state index in [2.05, 4.69) is 31.4 Å². The Balaban J connectivity index is 2.09. The predicted octanol–water partition coefficient (Wildman–Crippen LogP) is 0.709. The Bertz CT molecular complexity index is 768. The number of nitrogens with zero attached hydrogens (tertiary/aromatic N) is 2. The Morgan fingerprint density at radius 3 is 2.92 bits per heavy atom. The third-order valence-corrected chi connectivity index (χ3v) is 4.39. The molecule has 1 heterocycles. The molecule has 0 aliphatic carbocycles. The Labute approximate surface area is 154 Å². The van der Waals surface area contributed by atoms with Crippen molar-refractivity contribution in [2.45, 2.75) is 11.7 Å². The molecule has 1 aromatic rings. The number of carboxylic acids is 1. The first-order chi connectivity index (χ1) is 11.8. The van der Waals surface area contributed by atoms with Crippen LogP contribution in [0.3, 0.4) is 0 Å². The fourth-order valence-electron chi connectivity index (χ4n) is 1.79. The highest BCUT2D eigenvalue weighted by Gasteiger charge is 2.32. The molecule has 2 rings (SSSR count). The highest BCUT2D eigenvalue weighted by Crippen LogP contribution is 2.23. The first-order valence-electron chi connectivity index (χ1n) is 6.86. The molecule has 1 fully saturated rings. The number of nitrogens with two attached hydrogens (primary N) is 1. The highest BCUT2D eigenvalue weighted by molar-refractivity contribution is 9.10. The SMILES string of the molecule is NC(=O)COc1ccc(Br)cc1C=NN=C1NC(=O)C(CC(=O)O)S1. The van der Waals surface area contributed by atoms with Gasteiger partial charge in [-0.1, -0.05) is 27.7 Å². The average Bonchev–Trinajstić information content (AvgIpc) is 2.85. The fraction of sp³-hybridized carbons (Fsp3) is 0.214. The molecule has 0 radical (unpaired) electrons. The number of carbonyl (C=O) groups excluding carboxylic acids is 2. The number of ether oxygens (including phenoxy) is 1. The van der Waals surface area contributed by atoms with Gasteiger partial charge < -0.3 is 20.9 Å². The summed E-state index contributed by atoms with van der Waals surface area (Å²) in [6.07, 6.45) is 1.08. The fourth-order valence-corrected chi connectivity index (χ4v) is 3.08. The van der Waals surface area contributed by atoms with Crippen LogP contribution in [0, 0.1) is 0 Å². The van der Waals surface area contributed by atoms with Crippen molar-refractivity contribution in [3.63, 3.8) is 0 Å². The van der Waals surface area contributed by atoms with Crippen molar-refractivity contribution in [2.75, 3.05) is 6.61 Å². The molecule has 11 heteroatoms. The van der Waals surface area contributed by atoms with Crippen molar-refractivity contribution in [3.8, 4) is 5.75 Å². The maximum absolute atomic E-state index is 11.6. The van der Waals surface area contributed by atoms with Crippen molar-refractivity contribution in [2.24, 2.45) is 15.9 Å². The maximum atomic E-state index is 11.6. The lowest BCUT2D eigenvalue weighted by Crippen LogP contribution is -2.26. The van der Waals surface area contributed by atoms with E-state index in [1.54, 1.807) is 18.2 Å². The van der Waals surface area contributed by atoms with E-state index in [1.165, 1.54) is 6.21 Å². The summed E-state index contributed by atoms with van der Waals surface area (Å²) in [6.45, 7) is -0.278. The van der Waals surface area contributed by atoms with E-state index >= 15 is 0 Å². The molecule has 132 valence electrons. The molecule has 1 aromatic carbocycles. The van der Waals surface area contributed by atoms with Gasteiger partial charge >= 0.3 is 5.97 Å². The number of hydrogen-bond donors (Lipinski definition) is 3. The lowest BCUT2D eigenvalue weighted by atomic mass is 10.2. The molecule has 1 unspecified atom stereocenters.